The summed E-state index contributed by atoms with van der Waals surface area (Å²) in [5, 5.41) is 14.9. The third-order valence-electron chi connectivity index (χ3n) is 4.01. The number of hydrazone groups is 1. The minimum Gasteiger partial charge on any atom is -0.494 e. The molecule has 0 bridgehead atoms. The van der Waals surface area contributed by atoms with Crippen LogP contribution < -0.4 is 15.5 Å². The van der Waals surface area contributed by atoms with E-state index in [1.807, 2.05) is 6.92 Å². The SMILES string of the molecule is CCOc1ccc(C2=NN(c3cc(C)nc(N)n3)C(O)(C(F)(F)F)C2)cc1. The summed E-state index contributed by atoms with van der Waals surface area (Å²) in [7, 11) is 0. The Bertz CT molecular complexity index is 850. The lowest BCUT2D eigenvalue weighted by Crippen LogP contribution is -2.55. The molecule has 0 amide bonds. The van der Waals surface area contributed by atoms with E-state index in [2.05, 4.69) is 15.1 Å². The summed E-state index contributed by atoms with van der Waals surface area (Å²) < 4.78 is 46.4. The number of hydrogen-bond acceptors (Lipinski definition) is 7. The second kappa shape index (κ2) is 6.69. The van der Waals surface area contributed by atoms with Crippen molar-refractivity contribution in [3.63, 3.8) is 0 Å². The van der Waals surface area contributed by atoms with Crippen molar-refractivity contribution in [2.75, 3.05) is 17.3 Å². The van der Waals surface area contributed by atoms with Crippen molar-refractivity contribution < 1.29 is 23.0 Å². The fraction of sp³-hybridized carbons (Fsp3) is 0.353. The van der Waals surface area contributed by atoms with E-state index in [9.17, 15) is 18.3 Å². The Morgan fingerprint density at radius 2 is 1.93 bits per heavy atom. The molecule has 0 radical (unpaired) electrons. The van der Waals surface area contributed by atoms with E-state index in [0.29, 0.717) is 28.6 Å². The van der Waals surface area contributed by atoms with Crippen LogP contribution in [0.5, 0.6) is 5.75 Å². The van der Waals surface area contributed by atoms with Gasteiger partial charge in [0.15, 0.2) is 5.82 Å². The third kappa shape index (κ3) is 3.52. The Hall–Kier alpha value is -2.88. The van der Waals surface area contributed by atoms with Gasteiger partial charge >= 0.3 is 6.18 Å². The molecular weight excluding hydrogens is 363 g/mol. The molecule has 0 saturated carbocycles. The minimum absolute atomic E-state index is 0.0627. The highest BCUT2D eigenvalue weighted by atomic mass is 19.4. The number of rotatable bonds is 4. The Morgan fingerprint density at radius 1 is 1.26 bits per heavy atom. The summed E-state index contributed by atoms with van der Waals surface area (Å²) in [6.45, 7) is 3.85. The van der Waals surface area contributed by atoms with E-state index in [0.717, 1.165) is 0 Å². The fourth-order valence-electron chi connectivity index (χ4n) is 2.76. The smallest absolute Gasteiger partial charge is 0.438 e. The number of halogens is 3. The summed E-state index contributed by atoms with van der Waals surface area (Å²) in [6, 6.07) is 7.71. The van der Waals surface area contributed by atoms with Crippen LogP contribution in [0.1, 0.15) is 24.6 Å². The second-order valence-electron chi connectivity index (χ2n) is 6.03. The van der Waals surface area contributed by atoms with Gasteiger partial charge < -0.3 is 15.6 Å². The van der Waals surface area contributed by atoms with E-state index >= 15 is 0 Å². The maximum Gasteiger partial charge on any atom is 0.438 e. The van der Waals surface area contributed by atoms with Gasteiger partial charge in [-0.2, -0.15) is 23.3 Å². The molecule has 0 aliphatic carbocycles. The standard InChI is InChI=1S/C17H18F3N5O2/c1-3-27-12-6-4-11(5-7-12)13-9-16(26,17(18,19)20)25(24-13)14-8-10(2)22-15(21)23-14/h4-8,26H,3,9H2,1-2H3,(H2,21,22,23). The van der Waals surface area contributed by atoms with Gasteiger partial charge in [-0.3, -0.25) is 0 Å². The number of hydrogen-bond donors (Lipinski definition) is 2. The fourth-order valence-corrected chi connectivity index (χ4v) is 2.76. The Morgan fingerprint density at radius 3 is 2.48 bits per heavy atom. The number of aromatic nitrogens is 2. The molecule has 3 N–H and O–H groups in total. The lowest BCUT2D eigenvalue weighted by molar-refractivity contribution is -0.254. The van der Waals surface area contributed by atoms with E-state index in [1.165, 1.54) is 6.07 Å². The zero-order valence-electron chi connectivity index (χ0n) is 14.7. The first-order valence-electron chi connectivity index (χ1n) is 8.15. The van der Waals surface area contributed by atoms with Crippen LogP contribution in [0.3, 0.4) is 0 Å². The summed E-state index contributed by atoms with van der Waals surface area (Å²) in [6.07, 6.45) is -5.73. The first kappa shape index (κ1) is 18.9. The first-order chi connectivity index (χ1) is 12.6. The Labute approximate surface area is 153 Å². The average Bonchev–Trinajstić information content (AvgIpc) is 2.94. The quantitative estimate of drug-likeness (QED) is 0.845. The number of aliphatic hydroxyl groups is 1. The molecule has 144 valence electrons. The topological polar surface area (TPSA) is 96.9 Å². The summed E-state index contributed by atoms with van der Waals surface area (Å²) in [5.74, 6) is 0.141. The van der Waals surface area contributed by atoms with Crippen LogP contribution in [0.2, 0.25) is 0 Å². The molecule has 1 unspecified atom stereocenters. The van der Waals surface area contributed by atoms with E-state index in [1.54, 1.807) is 31.2 Å². The van der Waals surface area contributed by atoms with Crippen LogP contribution in [0.15, 0.2) is 35.4 Å². The number of nitrogens with zero attached hydrogens (tertiary/aromatic N) is 4. The Balaban J connectivity index is 2.04. The number of alkyl halides is 3. The second-order valence-corrected chi connectivity index (χ2v) is 6.03. The molecule has 2 aromatic rings. The van der Waals surface area contributed by atoms with Crippen molar-refractivity contribution in [1.82, 2.24) is 9.97 Å². The van der Waals surface area contributed by atoms with Gasteiger partial charge in [-0.15, -0.1) is 0 Å². The molecule has 0 spiro atoms. The molecular formula is C17H18F3N5O2. The Kier molecular flexibility index (Phi) is 4.68. The van der Waals surface area contributed by atoms with Crippen molar-refractivity contribution >= 4 is 17.5 Å². The van der Waals surface area contributed by atoms with Crippen LogP contribution in [-0.2, 0) is 0 Å². The predicted octanol–water partition coefficient (Wildman–Crippen LogP) is 2.63. The van der Waals surface area contributed by atoms with E-state index < -0.39 is 18.3 Å². The number of nitrogen functional groups attached to an aromatic ring is 1. The van der Waals surface area contributed by atoms with Crippen molar-refractivity contribution in [1.29, 1.82) is 0 Å². The number of nitrogens with two attached hydrogens (primary N) is 1. The first-order valence-corrected chi connectivity index (χ1v) is 8.15. The normalized spacial score (nSPS) is 19.9. The lowest BCUT2D eigenvalue weighted by Gasteiger charge is -2.33. The highest BCUT2D eigenvalue weighted by Gasteiger charge is 2.62. The van der Waals surface area contributed by atoms with Gasteiger partial charge in [0.05, 0.1) is 18.7 Å². The van der Waals surface area contributed by atoms with Crippen LogP contribution in [-0.4, -0.2) is 39.3 Å². The van der Waals surface area contributed by atoms with Crippen LogP contribution >= 0.6 is 0 Å². The van der Waals surface area contributed by atoms with Crippen LogP contribution in [0, 0.1) is 6.92 Å². The lowest BCUT2D eigenvalue weighted by atomic mass is 10.0. The van der Waals surface area contributed by atoms with Crippen molar-refractivity contribution in [2.45, 2.75) is 32.2 Å². The molecule has 1 aliphatic rings. The average molecular weight is 381 g/mol. The van der Waals surface area contributed by atoms with E-state index in [4.69, 9.17) is 10.5 Å². The highest BCUT2D eigenvalue weighted by Crippen LogP contribution is 2.43. The molecule has 1 aliphatic heterocycles. The highest BCUT2D eigenvalue weighted by molar-refractivity contribution is 6.03. The van der Waals surface area contributed by atoms with Crippen LogP contribution in [0.4, 0.5) is 24.9 Å². The molecule has 27 heavy (non-hydrogen) atoms. The van der Waals surface area contributed by atoms with Gasteiger partial charge in [0, 0.05) is 11.8 Å². The third-order valence-corrected chi connectivity index (χ3v) is 4.01. The largest absolute Gasteiger partial charge is 0.494 e. The number of anilines is 2. The summed E-state index contributed by atoms with van der Waals surface area (Å²) in [4.78, 5) is 7.63. The van der Waals surface area contributed by atoms with Gasteiger partial charge in [-0.1, -0.05) is 0 Å². The predicted molar refractivity (Wildman–Crippen MR) is 93.4 cm³/mol. The number of aryl methyl sites for hydroxylation is 1. The van der Waals surface area contributed by atoms with Gasteiger partial charge in [-0.25, -0.2) is 9.99 Å². The minimum atomic E-state index is -4.98. The molecule has 2 heterocycles. The van der Waals surface area contributed by atoms with Crippen molar-refractivity contribution in [3.8, 4) is 5.75 Å². The van der Waals surface area contributed by atoms with Crippen LogP contribution in [0.25, 0.3) is 0 Å². The molecule has 10 heteroatoms. The molecule has 7 nitrogen and oxygen atoms in total. The van der Waals surface area contributed by atoms with Gasteiger partial charge in [0.25, 0.3) is 5.72 Å². The summed E-state index contributed by atoms with van der Waals surface area (Å²) >= 11 is 0. The number of benzene rings is 1. The van der Waals surface area contributed by atoms with Gasteiger partial charge in [0.2, 0.25) is 5.95 Å². The monoisotopic (exact) mass is 381 g/mol. The number of ether oxygens (including phenoxy) is 1. The van der Waals surface area contributed by atoms with Crippen molar-refractivity contribution in [2.24, 2.45) is 5.10 Å². The zero-order chi connectivity index (χ0) is 19.8. The zero-order valence-corrected chi connectivity index (χ0v) is 14.7. The molecule has 0 saturated heterocycles. The molecule has 1 aromatic heterocycles. The summed E-state index contributed by atoms with van der Waals surface area (Å²) in [5.41, 5.74) is 3.15. The molecule has 1 aromatic carbocycles. The van der Waals surface area contributed by atoms with Crippen molar-refractivity contribution in [3.05, 3.63) is 41.6 Å². The van der Waals surface area contributed by atoms with E-state index in [-0.39, 0.29) is 17.5 Å². The maximum atomic E-state index is 13.7. The van der Waals surface area contributed by atoms with Gasteiger partial charge in [0.1, 0.15) is 5.75 Å². The molecule has 0 fully saturated rings. The van der Waals surface area contributed by atoms with Gasteiger partial charge in [-0.05, 0) is 43.7 Å². The maximum absolute atomic E-state index is 13.7. The molecule has 1 atom stereocenters. The molecule has 3 rings (SSSR count).